The largest absolute Gasteiger partial charge is 0.355 e. The van der Waals surface area contributed by atoms with Gasteiger partial charge in [-0.2, -0.15) is 0 Å². The molecule has 1 amide bonds. The van der Waals surface area contributed by atoms with Crippen molar-refractivity contribution >= 4 is 28.6 Å². The van der Waals surface area contributed by atoms with E-state index in [9.17, 15) is 9.59 Å². The minimum absolute atomic E-state index is 0.0871. The molecule has 2 aliphatic heterocycles. The summed E-state index contributed by atoms with van der Waals surface area (Å²) in [5, 5.41) is 0. The first-order chi connectivity index (χ1) is 16.6. The molecule has 6 rings (SSSR count). The number of rotatable bonds is 3. The number of piperidine rings is 1. The molecule has 9 heteroatoms. The van der Waals surface area contributed by atoms with Crippen molar-refractivity contribution in [3.05, 3.63) is 76.2 Å². The number of H-pyrrole nitrogens is 1. The molecule has 0 bridgehead atoms. The zero-order valence-corrected chi connectivity index (χ0v) is 18.9. The Balaban J connectivity index is 1.19. The first-order valence-corrected chi connectivity index (χ1v) is 11.6. The number of benzene rings is 1. The third-order valence-electron chi connectivity index (χ3n) is 6.86. The lowest BCUT2D eigenvalue weighted by Gasteiger charge is -2.33. The smallest absolute Gasteiger partial charge is 0.327 e. The molecule has 0 spiro atoms. The van der Waals surface area contributed by atoms with Crippen LogP contribution in [0.2, 0.25) is 0 Å². The summed E-state index contributed by atoms with van der Waals surface area (Å²) in [6.45, 7) is 4.17. The van der Waals surface area contributed by atoms with Crippen molar-refractivity contribution in [1.29, 1.82) is 0 Å². The number of fused-ring (bicyclic) bond motifs is 2. The predicted octanol–water partition coefficient (Wildman–Crippen LogP) is 2.87. The number of pyridine rings is 1. The van der Waals surface area contributed by atoms with Crippen molar-refractivity contribution in [1.82, 2.24) is 24.5 Å². The van der Waals surface area contributed by atoms with Crippen LogP contribution in [-0.4, -0.2) is 50.0 Å². The summed E-state index contributed by atoms with van der Waals surface area (Å²) in [6.07, 6.45) is 7.37. The Morgan fingerprint density at radius 3 is 2.82 bits per heavy atom. The molecule has 1 fully saturated rings. The van der Waals surface area contributed by atoms with E-state index in [0.717, 1.165) is 43.6 Å². The number of imidazole rings is 1. The standard InChI is InChI=1S/C25H25N7O2/c1-16-4-5-20-17(13-16)6-12-31(20)24(33)19-14-26-15-22(28-19)30-10-7-18(8-11-30)32-21-3-2-9-27-23(21)29-25(32)34/h2-5,9,13-15,18H,6-8,10-12H2,1H3,(H,27,29,34). The Bertz CT molecular complexity index is 1450. The zero-order valence-electron chi connectivity index (χ0n) is 18.9. The highest BCUT2D eigenvalue weighted by Gasteiger charge is 2.28. The highest BCUT2D eigenvalue weighted by Crippen LogP contribution is 2.30. The Hall–Kier alpha value is -4.01. The third-order valence-corrected chi connectivity index (χ3v) is 6.86. The first kappa shape index (κ1) is 20.6. The fourth-order valence-electron chi connectivity index (χ4n) is 5.16. The van der Waals surface area contributed by atoms with Crippen LogP contribution in [0.5, 0.6) is 0 Å². The molecule has 34 heavy (non-hydrogen) atoms. The maximum absolute atomic E-state index is 13.3. The summed E-state index contributed by atoms with van der Waals surface area (Å²) in [5.41, 5.74) is 5.03. The minimum atomic E-state index is -0.124. The highest BCUT2D eigenvalue weighted by molar-refractivity contribution is 6.06. The fraction of sp³-hybridized carbons (Fsp3) is 0.320. The van der Waals surface area contributed by atoms with E-state index in [2.05, 4.69) is 37.8 Å². The van der Waals surface area contributed by atoms with E-state index in [4.69, 9.17) is 0 Å². The van der Waals surface area contributed by atoms with Gasteiger partial charge < -0.3 is 9.80 Å². The number of carbonyl (C=O) groups is 1. The molecule has 0 saturated carbocycles. The molecule has 0 unspecified atom stereocenters. The second kappa shape index (κ2) is 8.09. The topological polar surface area (TPSA) is 100 Å². The number of aryl methyl sites for hydroxylation is 1. The molecule has 1 aromatic carbocycles. The number of aromatic amines is 1. The molecule has 172 valence electrons. The summed E-state index contributed by atoms with van der Waals surface area (Å²) in [7, 11) is 0. The molecule has 1 N–H and O–H groups in total. The summed E-state index contributed by atoms with van der Waals surface area (Å²) in [6, 6.07) is 10.0. The van der Waals surface area contributed by atoms with Crippen LogP contribution in [0.4, 0.5) is 11.5 Å². The number of anilines is 2. The van der Waals surface area contributed by atoms with E-state index in [1.807, 2.05) is 28.8 Å². The lowest BCUT2D eigenvalue weighted by Crippen LogP contribution is -2.38. The average Bonchev–Trinajstić information content (AvgIpc) is 3.43. The van der Waals surface area contributed by atoms with Crippen LogP contribution >= 0.6 is 0 Å². The maximum Gasteiger partial charge on any atom is 0.327 e. The molecular weight excluding hydrogens is 430 g/mol. The Morgan fingerprint density at radius 2 is 1.97 bits per heavy atom. The molecule has 3 aromatic heterocycles. The quantitative estimate of drug-likeness (QED) is 0.510. The van der Waals surface area contributed by atoms with E-state index in [1.54, 1.807) is 23.5 Å². The highest BCUT2D eigenvalue weighted by atomic mass is 16.2. The van der Waals surface area contributed by atoms with Gasteiger partial charge in [-0.1, -0.05) is 17.7 Å². The van der Waals surface area contributed by atoms with Crippen LogP contribution in [0.3, 0.4) is 0 Å². The molecule has 1 saturated heterocycles. The Labute approximate surface area is 196 Å². The van der Waals surface area contributed by atoms with Crippen LogP contribution in [0.25, 0.3) is 11.2 Å². The van der Waals surface area contributed by atoms with Crippen molar-refractivity contribution in [2.24, 2.45) is 0 Å². The van der Waals surface area contributed by atoms with Gasteiger partial charge in [-0.25, -0.2) is 14.8 Å². The van der Waals surface area contributed by atoms with Crippen LogP contribution in [0.1, 0.15) is 40.5 Å². The van der Waals surface area contributed by atoms with Gasteiger partial charge in [0.25, 0.3) is 5.91 Å². The molecule has 2 aliphatic rings. The van der Waals surface area contributed by atoms with Gasteiger partial charge in [0, 0.05) is 37.6 Å². The van der Waals surface area contributed by atoms with Crippen molar-refractivity contribution < 1.29 is 4.79 Å². The molecule has 9 nitrogen and oxygen atoms in total. The van der Waals surface area contributed by atoms with Crippen LogP contribution in [0, 0.1) is 6.92 Å². The van der Waals surface area contributed by atoms with Gasteiger partial charge in [0.05, 0.1) is 17.9 Å². The second-order valence-electron chi connectivity index (χ2n) is 8.99. The van der Waals surface area contributed by atoms with Gasteiger partial charge in [-0.3, -0.25) is 19.3 Å². The van der Waals surface area contributed by atoms with Crippen LogP contribution in [-0.2, 0) is 6.42 Å². The first-order valence-electron chi connectivity index (χ1n) is 11.6. The third kappa shape index (κ3) is 3.44. The predicted molar refractivity (Wildman–Crippen MR) is 129 cm³/mol. The van der Waals surface area contributed by atoms with E-state index in [0.29, 0.717) is 23.7 Å². The normalized spacial score (nSPS) is 16.3. The van der Waals surface area contributed by atoms with E-state index in [-0.39, 0.29) is 17.6 Å². The molecule has 4 aromatic rings. The number of hydrogen-bond acceptors (Lipinski definition) is 6. The van der Waals surface area contributed by atoms with Gasteiger partial charge >= 0.3 is 5.69 Å². The van der Waals surface area contributed by atoms with E-state index >= 15 is 0 Å². The van der Waals surface area contributed by atoms with Crippen LogP contribution in [0.15, 0.2) is 53.7 Å². The van der Waals surface area contributed by atoms with Gasteiger partial charge in [0.1, 0.15) is 11.5 Å². The maximum atomic E-state index is 13.3. The number of nitrogens with one attached hydrogen (secondary N) is 1. The molecular formula is C25H25N7O2. The lowest BCUT2D eigenvalue weighted by molar-refractivity contribution is 0.0984. The van der Waals surface area contributed by atoms with Gasteiger partial charge in [0.2, 0.25) is 0 Å². The van der Waals surface area contributed by atoms with Crippen molar-refractivity contribution in [2.45, 2.75) is 32.2 Å². The Kier molecular flexibility index (Phi) is 4.90. The second-order valence-corrected chi connectivity index (χ2v) is 8.99. The van der Waals surface area contributed by atoms with E-state index in [1.165, 1.54) is 11.1 Å². The number of nitrogens with zero attached hydrogens (tertiary/aromatic N) is 6. The van der Waals surface area contributed by atoms with E-state index < -0.39 is 0 Å². The minimum Gasteiger partial charge on any atom is -0.355 e. The summed E-state index contributed by atoms with van der Waals surface area (Å²) < 4.78 is 1.82. The fourth-order valence-corrected chi connectivity index (χ4v) is 5.16. The molecule has 0 aliphatic carbocycles. The lowest BCUT2D eigenvalue weighted by atomic mass is 10.0. The monoisotopic (exact) mass is 455 g/mol. The summed E-state index contributed by atoms with van der Waals surface area (Å²) in [5.74, 6) is 0.574. The number of hydrogen-bond donors (Lipinski definition) is 1. The van der Waals surface area contributed by atoms with Gasteiger partial charge in [-0.05, 0) is 49.9 Å². The van der Waals surface area contributed by atoms with Gasteiger partial charge in [0.15, 0.2) is 5.65 Å². The van der Waals surface area contributed by atoms with Crippen LogP contribution < -0.4 is 15.5 Å². The molecule has 0 atom stereocenters. The molecule has 0 radical (unpaired) electrons. The summed E-state index contributed by atoms with van der Waals surface area (Å²) >= 11 is 0. The number of aromatic nitrogens is 5. The van der Waals surface area contributed by atoms with Crippen molar-refractivity contribution in [3.8, 4) is 0 Å². The Morgan fingerprint density at radius 1 is 1.12 bits per heavy atom. The molecule has 5 heterocycles. The van der Waals surface area contributed by atoms with Crippen molar-refractivity contribution in [3.63, 3.8) is 0 Å². The SMILES string of the molecule is Cc1ccc2c(c1)CCN2C(=O)c1cncc(N2CCC(n3c(=O)[nH]c4ncccc43)CC2)n1. The number of carbonyl (C=O) groups excluding carboxylic acids is 1. The average molecular weight is 456 g/mol. The zero-order chi connectivity index (χ0) is 23.2. The summed E-state index contributed by atoms with van der Waals surface area (Å²) in [4.78, 5) is 45.8. The van der Waals surface area contributed by atoms with Crippen molar-refractivity contribution in [2.75, 3.05) is 29.4 Å². The van der Waals surface area contributed by atoms with Gasteiger partial charge in [-0.15, -0.1) is 0 Å². The number of amides is 1.